The molecule has 0 aliphatic heterocycles. The number of hydrogen-bond donors (Lipinski definition) is 1. The van der Waals surface area contributed by atoms with E-state index in [2.05, 4.69) is 17.2 Å². The summed E-state index contributed by atoms with van der Waals surface area (Å²) < 4.78 is 71.4. The monoisotopic (exact) mass is 614 g/mol. The lowest BCUT2D eigenvalue weighted by Gasteiger charge is -2.18. The Morgan fingerprint density at radius 3 is 2.31 bits per heavy atom. The van der Waals surface area contributed by atoms with Gasteiger partial charge >= 0.3 is 13.8 Å². The number of alkyl halides is 3. The topological polar surface area (TPSA) is 96.0 Å². The van der Waals surface area contributed by atoms with Crippen LogP contribution in [0.25, 0.3) is 0 Å². The number of benzene rings is 1. The Balaban J connectivity index is 2.03. The number of nitrogens with one attached hydrogen (secondary N) is 1. The van der Waals surface area contributed by atoms with Gasteiger partial charge in [0.25, 0.3) is 0 Å². The average molecular weight is 615 g/mol. The van der Waals surface area contributed by atoms with E-state index in [-0.39, 0.29) is 31.5 Å². The van der Waals surface area contributed by atoms with Gasteiger partial charge in [-0.05, 0) is 50.5 Å². The molecule has 0 spiro atoms. The second-order valence-electron chi connectivity index (χ2n) is 9.58. The van der Waals surface area contributed by atoms with Crippen molar-refractivity contribution in [2.75, 3.05) is 19.8 Å². The Labute approximate surface area is 246 Å². The fourth-order valence-electron chi connectivity index (χ4n) is 3.95. The van der Waals surface area contributed by atoms with E-state index in [1.165, 1.54) is 24.1 Å². The van der Waals surface area contributed by atoms with E-state index >= 15 is 0 Å². The number of hydrogen-bond acceptors (Lipinski definition) is 7. The largest absolute Gasteiger partial charge is 0.487 e. The van der Waals surface area contributed by atoms with Gasteiger partial charge in [0.2, 0.25) is 5.91 Å². The molecule has 0 unspecified atom stereocenters. The number of nitrogens with zero attached hydrogens (tertiary/aromatic N) is 1. The van der Waals surface area contributed by atoms with Gasteiger partial charge in [0, 0.05) is 24.5 Å². The number of halogens is 3. The van der Waals surface area contributed by atoms with E-state index in [9.17, 15) is 22.5 Å². The lowest BCUT2D eigenvalue weighted by Crippen LogP contribution is -2.34. The van der Waals surface area contributed by atoms with E-state index in [1.54, 1.807) is 32.1 Å². The summed E-state index contributed by atoms with van der Waals surface area (Å²) in [5.41, 5.74) is 1.30. The van der Waals surface area contributed by atoms with Crippen molar-refractivity contribution in [1.82, 2.24) is 10.3 Å². The summed E-state index contributed by atoms with van der Waals surface area (Å²) in [7, 11) is -3.44. The molecule has 0 saturated carbocycles. The highest BCUT2D eigenvalue weighted by atomic mass is 31.2. The third kappa shape index (κ3) is 14.8. The van der Waals surface area contributed by atoms with Crippen LogP contribution in [0.3, 0.4) is 0 Å². The van der Waals surface area contributed by atoms with Crippen LogP contribution in [-0.4, -0.2) is 42.9 Å². The zero-order valence-corrected chi connectivity index (χ0v) is 25.4. The SMILES string of the molecule is CCCCCCCC(=O)N[C@@H](/C=C/P(=O)(OCC)OCC)Cc1ccc(OCc2cc(OCC(F)(F)F)ccn2)cc1. The molecule has 12 heteroatoms. The second kappa shape index (κ2) is 18.6. The van der Waals surface area contributed by atoms with E-state index in [4.69, 9.17) is 18.5 Å². The Kier molecular flexibility index (Phi) is 15.7. The number of ether oxygens (including phenoxy) is 2. The molecule has 1 aromatic carbocycles. The van der Waals surface area contributed by atoms with Crippen molar-refractivity contribution < 1.29 is 41.1 Å². The molecule has 234 valence electrons. The van der Waals surface area contributed by atoms with Crippen LogP contribution in [0.2, 0.25) is 0 Å². The van der Waals surface area contributed by atoms with E-state index < -0.39 is 26.4 Å². The summed E-state index contributed by atoms with van der Waals surface area (Å²) in [6.45, 7) is 4.69. The zero-order chi connectivity index (χ0) is 30.8. The maximum Gasteiger partial charge on any atom is 0.422 e. The van der Waals surface area contributed by atoms with Gasteiger partial charge in [-0.2, -0.15) is 13.2 Å². The van der Waals surface area contributed by atoms with Crippen molar-refractivity contribution in [2.24, 2.45) is 0 Å². The van der Waals surface area contributed by atoms with Crippen molar-refractivity contribution in [2.45, 2.75) is 84.5 Å². The maximum atomic E-state index is 12.9. The molecule has 8 nitrogen and oxygen atoms in total. The Morgan fingerprint density at radius 1 is 0.976 bits per heavy atom. The van der Waals surface area contributed by atoms with Crippen molar-refractivity contribution in [3.8, 4) is 11.5 Å². The predicted molar refractivity (Wildman–Crippen MR) is 156 cm³/mol. The number of carbonyl (C=O) groups excluding carboxylic acids is 1. The molecule has 0 fully saturated rings. The quantitative estimate of drug-likeness (QED) is 0.120. The van der Waals surface area contributed by atoms with Gasteiger partial charge in [0.05, 0.1) is 24.9 Å². The number of rotatable bonds is 20. The van der Waals surface area contributed by atoms with Gasteiger partial charge in [-0.25, -0.2) is 0 Å². The van der Waals surface area contributed by atoms with Crippen molar-refractivity contribution in [1.29, 1.82) is 0 Å². The van der Waals surface area contributed by atoms with Crippen LogP contribution in [0.1, 0.15) is 70.6 Å². The molecular weight excluding hydrogens is 572 g/mol. The van der Waals surface area contributed by atoms with Crippen LogP contribution < -0.4 is 14.8 Å². The molecule has 0 saturated heterocycles. The smallest absolute Gasteiger partial charge is 0.422 e. The highest BCUT2D eigenvalue weighted by molar-refractivity contribution is 7.57. The number of carbonyl (C=O) groups is 1. The molecular formula is C30H42F3N2O6P. The highest BCUT2D eigenvalue weighted by Crippen LogP contribution is 2.49. The van der Waals surface area contributed by atoms with Gasteiger partial charge in [-0.3, -0.25) is 14.3 Å². The Bertz CT molecular complexity index is 1130. The molecule has 0 aliphatic rings. The van der Waals surface area contributed by atoms with Crippen molar-refractivity contribution in [3.05, 3.63) is 65.7 Å². The first-order valence-corrected chi connectivity index (χ1v) is 15.9. The third-order valence-corrected chi connectivity index (χ3v) is 7.70. The van der Waals surface area contributed by atoms with Gasteiger partial charge < -0.3 is 23.8 Å². The molecule has 2 aromatic rings. The molecule has 1 aromatic heterocycles. The second-order valence-corrected chi connectivity index (χ2v) is 11.5. The number of aromatic nitrogens is 1. The molecule has 1 heterocycles. The number of amides is 1. The van der Waals surface area contributed by atoms with Gasteiger partial charge in [-0.15, -0.1) is 0 Å². The molecule has 1 amide bonds. The molecule has 1 N–H and O–H groups in total. The Morgan fingerprint density at radius 2 is 1.67 bits per heavy atom. The zero-order valence-electron chi connectivity index (χ0n) is 24.5. The molecule has 0 bridgehead atoms. The molecule has 42 heavy (non-hydrogen) atoms. The maximum absolute atomic E-state index is 12.9. The van der Waals surface area contributed by atoms with Crippen molar-refractivity contribution in [3.63, 3.8) is 0 Å². The minimum atomic E-state index is -4.43. The van der Waals surface area contributed by atoms with Gasteiger partial charge in [-0.1, -0.05) is 50.8 Å². The van der Waals surface area contributed by atoms with Gasteiger partial charge in [0.15, 0.2) is 6.61 Å². The first kappa shape index (κ1) is 35.3. The molecule has 0 radical (unpaired) electrons. The summed E-state index contributed by atoms with van der Waals surface area (Å²) in [5.74, 6) is 1.90. The summed E-state index contributed by atoms with van der Waals surface area (Å²) in [5, 5.41) is 3.02. The van der Waals surface area contributed by atoms with Gasteiger partial charge in [0.1, 0.15) is 18.1 Å². The first-order valence-electron chi connectivity index (χ1n) is 14.3. The Hall–Kier alpha value is -2.88. The summed E-state index contributed by atoms with van der Waals surface area (Å²) in [6.07, 6.45) is 4.60. The van der Waals surface area contributed by atoms with Crippen molar-refractivity contribution >= 4 is 13.5 Å². The molecule has 0 aliphatic carbocycles. The fourth-order valence-corrected chi connectivity index (χ4v) is 5.34. The fraction of sp³-hybridized carbons (Fsp3) is 0.533. The normalized spacial score (nSPS) is 12.8. The minimum Gasteiger partial charge on any atom is -0.487 e. The third-order valence-electron chi connectivity index (χ3n) is 5.93. The predicted octanol–water partition coefficient (Wildman–Crippen LogP) is 7.77. The summed E-state index contributed by atoms with van der Waals surface area (Å²) >= 11 is 0. The van der Waals surface area contributed by atoms with Crippen LogP contribution >= 0.6 is 7.60 Å². The summed E-state index contributed by atoms with van der Waals surface area (Å²) in [6, 6.07) is 9.48. The molecule has 1 atom stereocenters. The van der Waals surface area contributed by atoms with E-state index in [0.29, 0.717) is 24.3 Å². The van der Waals surface area contributed by atoms with E-state index in [1.807, 2.05) is 12.1 Å². The lowest BCUT2D eigenvalue weighted by molar-refractivity contribution is -0.153. The van der Waals surface area contributed by atoms with Crippen LogP contribution in [0.4, 0.5) is 13.2 Å². The standard InChI is InChI=1S/C30H42F3N2O6P/c1-4-7-8-9-10-11-29(36)35-25(17-19-42(37,40-5-2)41-6-3)20-24-12-14-27(15-13-24)38-22-26-21-28(16-18-34-26)39-23-30(31,32)33/h12-19,21,25H,4-11,20,22-23H2,1-3H3,(H,35,36)/b19-17+/t25-/m0/s1. The lowest BCUT2D eigenvalue weighted by atomic mass is 10.1. The molecule has 2 rings (SSSR count). The van der Waals surface area contributed by atoms with Crippen LogP contribution in [-0.2, 0) is 31.4 Å². The van der Waals surface area contributed by atoms with E-state index in [0.717, 1.165) is 37.7 Å². The summed E-state index contributed by atoms with van der Waals surface area (Å²) in [4.78, 5) is 16.8. The average Bonchev–Trinajstić information content (AvgIpc) is 2.94. The van der Waals surface area contributed by atoms with Crippen LogP contribution in [0.15, 0.2) is 54.5 Å². The number of unbranched alkanes of at least 4 members (excludes halogenated alkanes) is 4. The highest BCUT2D eigenvalue weighted by Gasteiger charge is 2.28. The first-order chi connectivity index (χ1) is 20.1. The minimum absolute atomic E-state index is 0.0341. The number of pyridine rings is 1. The van der Waals surface area contributed by atoms with Crippen LogP contribution in [0.5, 0.6) is 11.5 Å². The van der Waals surface area contributed by atoms with Crippen LogP contribution in [0, 0.1) is 0 Å².